The van der Waals surface area contributed by atoms with Gasteiger partial charge in [-0.1, -0.05) is 6.92 Å². The van der Waals surface area contributed by atoms with Crippen molar-refractivity contribution in [2.24, 2.45) is 17.4 Å². The van der Waals surface area contributed by atoms with Gasteiger partial charge in [0.15, 0.2) is 0 Å². The lowest BCUT2D eigenvalue weighted by atomic mass is 10.1. The van der Waals surface area contributed by atoms with Crippen LogP contribution in [0.25, 0.3) is 0 Å². The normalized spacial score (nSPS) is 26.5. The third-order valence-electron chi connectivity index (χ3n) is 2.66. The first-order valence-electron chi connectivity index (χ1n) is 5.06. The number of hydrogen-bond donors (Lipinski definition) is 3. The summed E-state index contributed by atoms with van der Waals surface area (Å²) in [6, 6.07) is -0.615. The fraction of sp³-hybridized carbons (Fsp3) is 0.778. The summed E-state index contributed by atoms with van der Waals surface area (Å²) in [6.45, 7) is 4.43. The summed E-state index contributed by atoms with van der Waals surface area (Å²) in [6.07, 6.45) is 0.280. The molecule has 0 radical (unpaired) electrons. The molecule has 3 amide bonds. The Balaban J connectivity index is 2.21. The second-order valence-electron chi connectivity index (χ2n) is 4.06. The Hall–Kier alpha value is -1.14. The average molecular weight is 214 g/mol. The molecular weight excluding hydrogens is 196 g/mol. The molecule has 0 aromatic carbocycles. The number of hydrogen-bond acceptors (Lipinski definition) is 4. The summed E-state index contributed by atoms with van der Waals surface area (Å²) >= 11 is 0. The topological polar surface area (TPSA) is 101 Å². The van der Waals surface area contributed by atoms with Gasteiger partial charge in [0.1, 0.15) is 0 Å². The van der Waals surface area contributed by atoms with Crippen LogP contribution in [0, 0.1) is 5.92 Å². The van der Waals surface area contributed by atoms with E-state index in [2.05, 4.69) is 11.8 Å². The van der Waals surface area contributed by atoms with Crippen LogP contribution >= 0.6 is 0 Å². The zero-order chi connectivity index (χ0) is 11.4. The molecule has 1 aliphatic heterocycles. The molecule has 6 nitrogen and oxygen atoms in total. The summed E-state index contributed by atoms with van der Waals surface area (Å²) < 4.78 is 0. The summed E-state index contributed by atoms with van der Waals surface area (Å²) in [5, 5.41) is 2.03. The minimum atomic E-state index is -0.800. The number of primary amides is 1. The monoisotopic (exact) mass is 214 g/mol. The molecule has 0 saturated carbocycles. The maximum absolute atomic E-state index is 11.1. The molecule has 15 heavy (non-hydrogen) atoms. The Morgan fingerprint density at radius 3 is 2.60 bits per heavy atom. The molecule has 0 aromatic heterocycles. The van der Waals surface area contributed by atoms with Crippen LogP contribution in [0.4, 0.5) is 4.79 Å². The highest BCUT2D eigenvalue weighted by atomic mass is 16.2. The predicted octanol–water partition coefficient (Wildman–Crippen LogP) is -1.15. The number of urea groups is 1. The van der Waals surface area contributed by atoms with E-state index in [4.69, 9.17) is 11.5 Å². The van der Waals surface area contributed by atoms with Crippen LogP contribution in [-0.2, 0) is 4.79 Å². The van der Waals surface area contributed by atoms with Crippen molar-refractivity contribution in [3.63, 3.8) is 0 Å². The molecule has 0 spiro atoms. The van der Waals surface area contributed by atoms with Gasteiger partial charge < -0.3 is 16.4 Å². The van der Waals surface area contributed by atoms with Crippen molar-refractivity contribution >= 4 is 11.9 Å². The van der Waals surface area contributed by atoms with Crippen molar-refractivity contribution in [1.82, 2.24) is 10.2 Å². The molecule has 86 valence electrons. The first kappa shape index (κ1) is 11.9. The van der Waals surface area contributed by atoms with Crippen molar-refractivity contribution in [3.8, 4) is 0 Å². The van der Waals surface area contributed by atoms with Gasteiger partial charge in [-0.2, -0.15) is 0 Å². The van der Waals surface area contributed by atoms with E-state index in [1.807, 2.05) is 5.32 Å². The smallest absolute Gasteiger partial charge is 0.318 e. The molecule has 1 heterocycles. The van der Waals surface area contributed by atoms with E-state index >= 15 is 0 Å². The zero-order valence-corrected chi connectivity index (χ0v) is 8.90. The summed E-state index contributed by atoms with van der Waals surface area (Å²) in [7, 11) is 0. The maximum atomic E-state index is 11.1. The highest BCUT2D eigenvalue weighted by Gasteiger charge is 2.26. The summed E-state index contributed by atoms with van der Waals surface area (Å²) in [5.41, 5.74) is 10.7. The molecule has 5 N–H and O–H groups in total. The second-order valence-corrected chi connectivity index (χ2v) is 4.06. The van der Waals surface area contributed by atoms with Crippen molar-refractivity contribution < 1.29 is 9.59 Å². The van der Waals surface area contributed by atoms with Crippen molar-refractivity contribution in [3.05, 3.63) is 0 Å². The third kappa shape index (κ3) is 3.85. The van der Waals surface area contributed by atoms with Gasteiger partial charge in [0.25, 0.3) is 0 Å². The van der Waals surface area contributed by atoms with Crippen molar-refractivity contribution in [1.29, 1.82) is 0 Å². The Morgan fingerprint density at radius 1 is 1.47 bits per heavy atom. The molecule has 2 atom stereocenters. The molecule has 0 aromatic rings. The highest BCUT2D eigenvalue weighted by Crippen LogP contribution is 2.14. The van der Waals surface area contributed by atoms with Crippen LogP contribution in [0.2, 0.25) is 0 Å². The second kappa shape index (κ2) is 5.09. The zero-order valence-electron chi connectivity index (χ0n) is 8.90. The number of imide groups is 1. The Morgan fingerprint density at radius 2 is 2.13 bits per heavy atom. The number of amides is 3. The van der Waals surface area contributed by atoms with Gasteiger partial charge in [-0.3, -0.25) is 10.1 Å². The Bertz CT molecular complexity index is 246. The number of nitrogens with zero attached hydrogens (tertiary/aromatic N) is 1. The standard InChI is InChI=1S/C9H18N4O2/c1-6-4-13(5-7(6)10)3-2-8(14)12-9(11)15/h6-7H,2-5,10H2,1H3,(H3,11,12,14,15). The van der Waals surface area contributed by atoms with Gasteiger partial charge in [0, 0.05) is 32.1 Å². The average Bonchev–Trinajstić information content (AvgIpc) is 2.42. The molecule has 6 heteroatoms. The van der Waals surface area contributed by atoms with Crippen LogP contribution < -0.4 is 16.8 Å². The minimum Gasteiger partial charge on any atom is -0.351 e. The van der Waals surface area contributed by atoms with E-state index in [1.54, 1.807) is 0 Å². The van der Waals surface area contributed by atoms with Gasteiger partial charge >= 0.3 is 6.03 Å². The molecular formula is C9H18N4O2. The largest absolute Gasteiger partial charge is 0.351 e. The Labute approximate surface area is 89.0 Å². The number of rotatable bonds is 3. The SMILES string of the molecule is CC1CN(CCC(=O)NC(N)=O)CC1N. The summed E-state index contributed by atoms with van der Waals surface area (Å²) in [4.78, 5) is 23.6. The van der Waals surface area contributed by atoms with Crippen LogP contribution in [0.3, 0.4) is 0 Å². The first-order valence-corrected chi connectivity index (χ1v) is 5.06. The van der Waals surface area contributed by atoms with E-state index in [0.717, 1.165) is 13.1 Å². The van der Waals surface area contributed by atoms with Crippen LogP contribution in [-0.4, -0.2) is 42.5 Å². The third-order valence-corrected chi connectivity index (χ3v) is 2.66. The molecule has 1 rings (SSSR count). The quantitative estimate of drug-likeness (QED) is 0.552. The van der Waals surface area contributed by atoms with Gasteiger partial charge in [0.05, 0.1) is 0 Å². The van der Waals surface area contributed by atoms with E-state index in [-0.39, 0.29) is 18.4 Å². The molecule has 0 bridgehead atoms. The van der Waals surface area contributed by atoms with E-state index in [9.17, 15) is 9.59 Å². The van der Waals surface area contributed by atoms with E-state index in [1.165, 1.54) is 0 Å². The summed E-state index contributed by atoms with van der Waals surface area (Å²) in [5.74, 6) is 0.125. The van der Waals surface area contributed by atoms with Gasteiger partial charge in [-0.25, -0.2) is 4.79 Å². The highest BCUT2D eigenvalue weighted by molar-refractivity contribution is 5.93. The van der Waals surface area contributed by atoms with Crippen LogP contribution in [0.15, 0.2) is 0 Å². The molecule has 1 saturated heterocycles. The van der Waals surface area contributed by atoms with Crippen LogP contribution in [0.5, 0.6) is 0 Å². The van der Waals surface area contributed by atoms with E-state index < -0.39 is 6.03 Å². The predicted molar refractivity (Wildman–Crippen MR) is 55.9 cm³/mol. The van der Waals surface area contributed by atoms with Gasteiger partial charge in [-0.15, -0.1) is 0 Å². The van der Waals surface area contributed by atoms with Crippen molar-refractivity contribution in [2.75, 3.05) is 19.6 Å². The first-order chi connectivity index (χ1) is 6.99. The maximum Gasteiger partial charge on any atom is 0.318 e. The van der Waals surface area contributed by atoms with Crippen LogP contribution in [0.1, 0.15) is 13.3 Å². The fourth-order valence-electron chi connectivity index (χ4n) is 1.74. The fourth-order valence-corrected chi connectivity index (χ4v) is 1.74. The number of carbonyl (C=O) groups excluding carboxylic acids is 2. The lowest BCUT2D eigenvalue weighted by molar-refractivity contribution is -0.120. The number of nitrogens with two attached hydrogens (primary N) is 2. The Kier molecular flexibility index (Phi) is 4.05. The molecule has 1 aliphatic rings. The molecule has 0 aliphatic carbocycles. The van der Waals surface area contributed by atoms with E-state index in [0.29, 0.717) is 12.5 Å². The van der Waals surface area contributed by atoms with Gasteiger partial charge in [-0.05, 0) is 5.92 Å². The minimum absolute atomic E-state index is 0.184. The number of nitrogens with one attached hydrogen (secondary N) is 1. The number of likely N-dealkylation sites (tertiary alicyclic amines) is 1. The lowest BCUT2D eigenvalue weighted by Crippen LogP contribution is -2.37. The molecule has 2 unspecified atom stereocenters. The number of carbonyl (C=O) groups is 2. The van der Waals surface area contributed by atoms with Crippen molar-refractivity contribution in [2.45, 2.75) is 19.4 Å². The lowest BCUT2D eigenvalue weighted by Gasteiger charge is -2.13. The molecule has 1 fully saturated rings. The van der Waals surface area contributed by atoms with Gasteiger partial charge in [0.2, 0.25) is 5.91 Å².